The number of aliphatic hydroxyl groups excluding tert-OH is 1. The topological polar surface area (TPSA) is 59.8 Å². The monoisotopic (exact) mass is 453 g/mol. The average molecular weight is 454 g/mol. The van der Waals surface area contributed by atoms with Gasteiger partial charge in [0.1, 0.15) is 0 Å². The fourth-order valence-corrected chi connectivity index (χ4v) is 3.47. The second-order valence-corrected chi connectivity index (χ2v) is 8.15. The van der Waals surface area contributed by atoms with Crippen molar-refractivity contribution in [3.8, 4) is 17.3 Å². The second-order valence-electron chi connectivity index (χ2n) is 8.15. The summed E-state index contributed by atoms with van der Waals surface area (Å²) in [4.78, 5) is 2.12. The van der Waals surface area contributed by atoms with Gasteiger partial charge in [0.25, 0.3) is 0 Å². The highest BCUT2D eigenvalue weighted by molar-refractivity contribution is 5.43. The quantitative estimate of drug-likeness (QED) is 0.313. The molecule has 1 atom stereocenters. The molecule has 7 heteroatoms. The summed E-state index contributed by atoms with van der Waals surface area (Å²) in [5.74, 6) is 0.133. The maximum absolute atomic E-state index is 14.4. The molecular weight excluding hydrogens is 421 g/mol. The van der Waals surface area contributed by atoms with Crippen LogP contribution in [0, 0.1) is 12.7 Å². The van der Waals surface area contributed by atoms with E-state index in [0.29, 0.717) is 25.6 Å². The van der Waals surface area contributed by atoms with Crippen molar-refractivity contribution in [3.63, 3.8) is 0 Å². The maximum Gasteiger partial charge on any atom is 0.227 e. The van der Waals surface area contributed by atoms with Gasteiger partial charge in [0.2, 0.25) is 5.88 Å². The lowest BCUT2D eigenvalue weighted by molar-refractivity contribution is 0.0176. The number of benzene rings is 2. The van der Waals surface area contributed by atoms with Gasteiger partial charge in [-0.05, 0) is 45.0 Å². The van der Waals surface area contributed by atoms with E-state index in [1.54, 1.807) is 29.0 Å². The van der Waals surface area contributed by atoms with E-state index in [2.05, 4.69) is 25.3 Å². The van der Waals surface area contributed by atoms with Crippen molar-refractivity contribution in [1.82, 2.24) is 14.7 Å². The zero-order valence-electron chi connectivity index (χ0n) is 19.4. The third-order valence-electron chi connectivity index (χ3n) is 5.26. The molecule has 0 amide bonds. The smallest absolute Gasteiger partial charge is 0.227 e. The highest BCUT2D eigenvalue weighted by Crippen LogP contribution is 2.33. The number of aliphatic hydroxyl groups is 1. The Hall–Kier alpha value is -3.00. The summed E-state index contributed by atoms with van der Waals surface area (Å²) < 4.78 is 27.6. The van der Waals surface area contributed by atoms with E-state index < -0.39 is 11.9 Å². The van der Waals surface area contributed by atoms with Crippen LogP contribution in [0.25, 0.3) is 5.69 Å². The van der Waals surface area contributed by atoms with Crippen LogP contribution in [0.15, 0.2) is 67.3 Å². The van der Waals surface area contributed by atoms with E-state index in [-0.39, 0.29) is 18.4 Å². The zero-order chi connectivity index (χ0) is 23.8. The summed E-state index contributed by atoms with van der Waals surface area (Å²) >= 11 is 0. The maximum atomic E-state index is 14.4. The third-order valence-corrected chi connectivity index (χ3v) is 5.26. The Morgan fingerprint density at radius 3 is 2.52 bits per heavy atom. The first kappa shape index (κ1) is 24.6. The zero-order valence-corrected chi connectivity index (χ0v) is 19.4. The Morgan fingerprint density at radius 1 is 1.15 bits per heavy atom. The lowest BCUT2D eigenvalue weighted by atomic mass is 10.2. The van der Waals surface area contributed by atoms with E-state index in [9.17, 15) is 9.50 Å². The van der Waals surface area contributed by atoms with Gasteiger partial charge in [-0.15, -0.1) is 6.58 Å². The number of nitrogens with zero attached hydrogens (tertiary/aromatic N) is 3. The highest BCUT2D eigenvalue weighted by atomic mass is 19.1. The predicted molar refractivity (Wildman–Crippen MR) is 127 cm³/mol. The molecule has 1 heterocycles. The van der Waals surface area contributed by atoms with Gasteiger partial charge in [0, 0.05) is 19.1 Å². The summed E-state index contributed by atoms with van der Waals surface area (Å²) in [6.07, 6.45) is 0.994. The van der Waals surface area contributed by atoms with Crippen LogP contribution >= 0.6 is 0 Å². The molecule has 176 valence electrons. The van der Waals surface area contributed by atoms with Crippen molar-refractivity contribution in [2.24, 2.45) is 0 Å². The summed E-state index contributed by atoms with van der Waals surface area (Å²) in [6.45, 7) is 11.1. The lowest BCUT2D eigenvalue weighted by Crippen LogP contribution is -2.39. The number of rotatable bonds is 12. The van der Waals surface area contributed by atoms with Crippen molar-refractivity contribution in [2.45, 2.75) is 39.5 Å². The average Bonchev–Trinajstić information content (AvgIpc) is 3.10. The minimum Gasteiger partial charge on any atom is -0.435 e. The molecule has 33 heavy (non-hydrogen) atoms. The van der Waals surface area contributed by atoms with E-state index in [0.717, 1.165) is 16.9 Å². The van der Waals surface area contributed by atoms with Crippen LogP contribution in [0.2, 0.25) is 0 Å². The first-order chi connectivity index (χ1) is 15.9. The van der Waals surface area contributed by atoms with Crippen LogP contribution in [0.5, 0.6) is 11.6 Å². The summed E-state index contributed by atoms with van der Waals surface area (Å²) in [5.41, 5.74) is 2.41. The Kier molecular flexibility index (Phi) is 8.77. The molecule has 0 aliphatic heterocycles. The molecule has 6 nitrogen and oxygen atoms in total. The standard InChI is InChI=1S/C26H32FN3O3/c1-5-15-32-18-22(31)16-29(19(2)3)17-23-20(4)28-30(21-11-7-6-8-12-21)26(23)33-25-14-10-9-13-24(25)27/h5-14,19,22,31H,1,15-18H2,2-4H3/t22-/m1/s1. The van der Waals surface area contributed by atoms with Crippen LogP contribution in [-0.2, 0) is 11.3 Å². The normalized spacial score (nSPS) is 12.3. The molecule has 0 radical (unpaired) electrons. The SMILES string of the molecule is C=CCOC[C@H](O)CN(Cc1c(C)nn(-c2ccccc2)c1Oc1ccccc1F)C(C)C. The molecule has 3 aromatic rings. The van der Waals surface area contributed by atoms with Gasteiger partial charge in [-0.3, -0.25) is 4.90 Å². The number of hydrogen-bond donors (Lipinski definition) is 1. The molecule has 0 fully saturated rings. The molecule has 0 saturated carbocycles. The van der Waals surface area contributed by atoms with Crippen LogP contribution in [0.4, 0.5) is 4.39 Å². The van der Waals surface area contributed by atoms with Crippen LogP contribution in [0.1, 0.15) is 25.1 Å². The number of ether oxygens (including phenoxy) is 2. The van der Waals surface area contributed by atoms with Crippen LogP contribution in [0.3, 0.4) is 0 Å². The molecule has 0 aliphatic carbocycles. The van der Waals surface area contributed by atoms with E-state index in [1.807, 2.05) is 37.3 Å². The largest absolute Gasteiger partial charge is 0.435 e. The molecule has 1 aromatic heterocycles. The Labute approximate surface area is 194 Å². The van der Waals surface area contributed by atoms with Gasteiger partial charge in [-0.2, -0.15) is 5.10 Å². The number of para-hydroxylation sites is 2. The van der Waals surface area contributed by atoms with Crippen molar-refractivity contribution >= 4 is 0 Å². The first-order valence-corrected chi connectivity index (χ1v) is 11.1. The predicted octanol–water partition coefficient (Wildman–Crippen LogP) is 4.89. The van der Waals surface area contributed by atoms with Crippen molar-refractivity contribution in [3.05, 3.63) is 84.3 Å². The number of halogens is 1. The van der Waals surface area contributed by atoms with Crippen LogP contribution in [-0.4, -0.2) is 51.7 Å². The minimum atomic E-state index is -0.659. The number of hydrogen-bond acceptors (Lipinski definition) is 5. The number of aromatic nitrogens is 2. The van der Waals surface area contributed by atoms with Crippen LogP contribution < -0.4 is 4.74 Å². The summed E-state index contributed by atoms with van der Waals surface area (Å²) in [6, 6.07) is 16.1. The molecule has 1 N–H and O–H groups in total. The first-order valence-electron chi connectivity index (χ1n) is 11.1. The molecular formula is C26H32FN3O3. The van der Waals surface area contributed by atoms with E-state index in [1.165, 1.54) is 6.07 Å². The third kappa shape index (κ3) is 6.51. The van der Waals surface area contributed by atoms with Gasteiger partial charge in [-0.1, -0.05) is 36.4 Å². The Balaban J connectivity index is 1.95. The fourth-order valence-electron chi connectivity index (χ4n) is 3.47. The number of aryl methyl sites for hydroxylation is 1. The molecule has 0 spiro atoms. The van der Waals surface area contributed by atoms with Crippen molar-refractivity contribution in [2.75, 3.05) is 19.8 Å². The fraction of sp³-hybridized carbons (Fsp3) is 0.346. The molecule has 0 aliphatic rings. The highest BCUT2D eigenvalue weighted by Gasteiger charge is 2.24. The van der Waals surface area contributed by atoms with E-state index in [4.69, 9.17) is 14.6 Å². The summed E-state index contributed by atoms with van der Waals surface area (Å²) in [5, 5.41) is 15.2. The molecule has 0 bridgehead atoms. The second kappa shape index (κ2) is 11.7. The Morgan fingerprint density at radius 2 is 1.85 bits per heavy atom. The van der Waals surface area contributed by atoms with Crippen molar-refractivity contribution < 1.29 is 19.0 Å². The molecule has 3 rings (SSSR count). The molecule has 0 unspecified atom stereocenters. The van der Waals surface area contributed by atoms with E-state index >= 15 is 0 Å². The van der Waals surface area contributed by atoms with Gasteiger partial charge < -0.3 is 14.6 Å². The van der Waals surface area contributed by atoms with Gasteiger partial charge >= 0.3 is 0 Å². The van der Waals surface area contributed by atoms with Crippen molar-refractivity contribution in [1.29, 1.82) is 0 Å². The molecule has 2 aromatic carbocycles. The minimum absolute atomic E-state index is 0.129. The van der Waals surface area contributed by atoms with Gasteiger partial charge in [0.05, 0.1) is 36.3 Å². The van der Waals surface area contributed by atoms with Gasteiger partial charge in [0.15, 0.2) is 11.6 Å². The Bertz CT molecular complexity index is 1040. The van der Waals surface area contributed by atoms with Gasteiger partial charge in [-0.25, -0.2) is 9.07 Å². The molecule has 0 saturated heterocycles. The lowest BCUT2D eigenvalue weighted by Gasteiger charge is -2.29. The summed E-state index contributed by atoms with van der Waals surface area (Å²) in [7, 11) is 0.